The third-order valence-electron chi connectivity index (χ3n) is 1.47. The summed E-state index contributed by atoms with van der Waals surface area (Å²) in [6, 6.07) is 8.23. The summed E-state index contributed by atoms with van der Waals surface area (Å²) < 4.78 is 1.36. The van der Waals surface area contributed by atoms with Crippen molar-refractivity contribution < 1.29 is 0 Å². The van der Waals surface area contributed by atoms with Gasteiger partial charge in [-0.25, -0.2) is 0 Å². The van der Waals surface area contributed by atoms with Gasteiger partial charge in [0.1, 0.15) is 0 Å². The van der Waals surface area contributed by atoms with E-state index >= 15 is 0 Å². The van der Waals surface area contributed by atoms with E-state index in [1.165, 1.54) is 4.46 Å². The number of fused-ring (bicyclic) bond motifs is 1. The Balaban J connectivity index is 2.70. The van der Waals surface area contributed by atoms with Crippen LogP contribution < -0.4 is 4.46 Å². The second-order valence-electron chi connectivity index (χ2n) is 2.13. The number of benzene rings is 1. The molecule has 0 saturated heterocycles. The molecule has 0 saturated carbocycles. The molecule has 0 spiro atoms. The van der Waals surface area contributed by atoms with Gasteiger partial charge in [-0.1, -0.05) is 0 Å². The fourth-order valence-corrected chi connectivity index (χ4v) is 3.05. The summed E-state index contributed by atoms with van der Waals surface area (Å²) in [5.74, 6) is 0. The molecular formula is C8H7NSe. The maximum absolute atomic E-state index is 4.25. The van der Waals surface area contributed by atoms with Crippen LogP contribution in [0.4, 0.5) is 5.69 Å². The molecule has 1 nitrogen and oxygen atoms in total. The molecule has 1 aromatic rings. The van der Waals surface area contributed by atoms with Crippen LogP contribution >= 0.6 is 0 Å². The molecule has 2 rings (SSSR count). The zero-order valence-electron chi connectivity index (χ0n) is 5.45. The normalized spacial score (nSPS) is 21.0. The van der Waals surface area contributed by atoms with Crippen molar-refractivity contribution in [1.82, 2.24) is 0 Å². The van der Waals surface area contributed by atoms with E-state index in [9.17, 15) is 0 Å². The van der Waals surface area contributed by atoms with Crippen molar-refractivity contribution in [3.8, 4) is 0 Å². The molecule has 10 heavy (non-hydrogen) atoms. The van der Waals surface area contributed by atoms with Gasteiger partial charge in [0.25, 0.3) is 0 Å². The molecule has 1 aliphatic heterocycles. The zero-order chi connectivity index (χ0) is 6.97. The first-order valence-electron chi connectivity index (χ1n) is 3.04. The second-order valence-corrected chi connectivity index (χ2v) is 5.30. The standard InChI is InChI=1S/C8H7NSe/c1-10-6-9-7-4-2-3-5-8(7)10/h2-6H,1H2. The van der Waals surface area contributed by atoms with E-state index < -0.39 is 13.5 Å². The number of rotatable bonds is 0. The van der Waals surface area contributed by atoms with Crippen molar-refractivity contribution in [1.29, 1.82) is 0 Å². The average molecular weight is 196 g/mol. The maximum atomic E-state index is 4.25. The molecule has 0 N–H and O–H groups in total. The van der Waals surface area contributed by atoms with Crippen molar-refractivity contribution in [2.24, 2.45) is 4.99 Å². The number of hydrogen-bond donors (Lipinski definition) is 0. The summed E-state index contributed by atoms with van der Waals surface area (Å²) >= 11 is -0.864. The molecule has 1 aliphatic rings. The summed E-state index contributed by atoms with van der Waals surface area (Å²) in [5, 5.41) is 2.00. The van der Waals surface area contributed by atoms with E-state index in [2.05, 4.69) is 22.5 Å². The van der Waals surface area contributed by atoms with Crippen LogP contribution in [0.25, 0.3) is 0 Å². The van der Waals surface area contributed by atoms with Gasteiger partial charge in [-0.05, 0) is 0 Å². The van der Waals surface area contributed by atoms with E-state index in [0.29, 0.717) is 0 Å². The fourth-order valence-electron chi connectivity index (χ4n) is 0.963. The Morgan fingerprint density at radius 3 is 2.90 bits per heavy atom. The summed E-state index contributed by atoms with van der Waals surface area (Å²) in [7, 11) is 0. The van der Waals surface area contributed by atoms with Crippen molar-refractivity contribution >= 4 is 34.1 Å². The summed E-state index contributed by atoms with van der Waals surface area (Å²) in [5.41, 5.74) is 5.18. The molecule has 0 bridgehead atoms. The van der Waals surface area contributed by atoms with E-state index in [4.69, 9.17) is 0 Å². The van der Waals surface area contributed by atoms with Crippen LogP contribution in [0.5, 0.6) is 0 Å². The minimum atomic E-state index is -0.864. The summed E-state index contributed by atoms with van der Waals surface area (Å²) in [4.78, 5) is 4.25. The Labute approximate surface area is 63.8 Å². The van der Waals surface area contributed by atoms with Gasteiger partial charge in [0, 0.05) is 0 Å². The van der Waals surface area contributed by atoms with Crippen molar-refractivity contribution in [2.75, 3.05) is 0 Å². The first-order valence-corrected chi connectivity index (χ1v) is 6.09. The quantitative estimate of drug-likeness (QED) is 0.540. The molecule has 1 unspecified atom stereocenters. The molecule has 0 radical (unpaired) electrons. The van der Waals surface area contributed by atoms with Crippen LogP contribution in [0.1, 0.15) is 0 Å². The van der Waals surface area contributed by atoms with Gasteiger partial charge < -0.3 is 0 Å². The van der Waals surface area contributed by atoms with Gasteiger partial charge >= 0.3 is 63.4 Å². The van der Waals surface area contributed by atoms with Crippen molar-refractivity contribution in [3.63, 3.8) is 0 Å². The van der Waals surface area contributed by atoms with E-state index in [1.807, 2.05) is 17.2 Å². The van der Waals surface area contributed by atoms with Gasteiger partial charge in [0.05, 0.1) is 0 Å². The van der Waals surface area contributed by atoms with Crippen LogP contribution in [-0.2, 0) is 0 Å². The SMILES string of the molecule is C=[Se]1C=Nc2ccccc21. The molecule has 2 heteroatoms. The molecule has 50 valence electrons. The molecule has 1 aromatic carbocycles. The summed E-state index contributed by atoms with van der Waals surface area (Å²) in [6.07, 6.45) is 0. The second kappa shape index (κ2) is 2.15. The zero-order valence-corrected chi connectivity index (χ0v) is 7.16. The Morgan fingerprint density at radius 1 is 1.30 bits per heavy atom. The molecule has 0 aromatic heterocycles. The number of para-hydroxylation sites is 1. The van der Waals surface area contributed by atoms with Gasteiger partial charge in [0.15, 0.2) is 0 Å². The number of nitrogens with zero attached hydrogens (tertiary/aromatic N) is 1. The molecular weight excluding hydrogens is 189 g/mol. The van der Waals surface area contributed by atoms with Gasteiger partial charge in [-0.3, -0.25) is 0 Å². The van der Waals surface area contributed by atoms with E-state index in [-0.39, 0.29) is 0 Å². The van der Waals surface area contributed by atoms with Crippen LogP contribution in [0.15, 0.2) is 29.3 Å². The Morgan fingerprint density at radius 2 is 2.10 bits per heavy atom. The van der Waals surface area contributed by atoms with E-state index in [1.54, 1.807) is 0 Å². The van der Waals surface area contributed by atoms with Crippen LogP contribution in [0, 0.1) is 0 Å². The van der Waals surface area contributed by atoms with Gasteiger partial charge in [-0.15, -0.1) is 0 Å². The Bertz CT molecular complexity index is 315. The monoisotopic (exact) mass is 197 g/mol. The topological polar surface area (TPSA) is 12.4 Å². The van der Waals surface area contributed by atoms with Crippen molar-refractivity contribution in [2.45, 2.75) is 0 Å². The van der Waals surface area contributed by atoms with Gasteiger partial charge in [0.2, 0.25) is 0 Å². The third-order valence-corrected chi connectivity index (χ3v) is 4.13. The average Bonchev–Trinajstić information content (AvgIpc) is 2.34. The number of hydrogen-bond acceptors (Lipinski definition) is 1. The predicted octanol–water partition coefficient (Wildman–Crippen LogP) is 0.657. The Hall–Kier alpha value is -0.721. The third kappa shape index (κ3) is 0.772. The van der Waals surface area contributed by atoms with Gasteiger partial charge in [-0.2, -0.15) is 0 Å². The fraction of sp³-hybridized carbons (Fsp3) is 0. The molecule has 0 fully saturated rings. The number of aliphatic imine (C=N–C) groups is 1. The first kappa shape index (κ1) is 6.02. The summed E-state index contributed by atoms with van der Waals surface area (Å²) in [6.45, 7) is 0. The predicted molar refractivity (Wildman–Crippen MR) is 47.1 cm³/mol. The molecule has 0 aliphatic carbocycles. The Kier molecular flexibility index (Phi) is 1.30. The van der Waals surface area contributed by atoms with Crippen LogP contribution in [0.3, 0.4) is 0 Å². The first-order chi connectivity index (χ1) is 4.88. The van der Waals surface area contributed by atoms with Crippen molar-refractivity contribution in [3.05, 3.63) is 24.3 Å². The molecule has 1 atom stereocenters. The van der Waals surface area contributed by atoms with Crippen LogP contribution in [0.2, 0.25) is 0 Å². The van der Waals surface area contributed by atoms with E-state index in [0.717, 1.165) is 5.69 Å². The van der Waals surface area contributed by atoms with Crippen LogP contribution in [-0.4, -0.2) is 24.0 Å². The minimum absolute atomic E-state index is 0.864. The molecule has 0 amide bonds. The molecule has 1 heterocycles.